The lowest BCUT2D eigenvalue weighted by atomic mass is 9.78. The zero-order valence-electron chi connectivity index (χ0n) is 12.9. The van der Waals surface area contributed by atoms with Crippen LogP contribution >= 0.6 is 11.6 Å². The molecular formula is C17H25ClN2O. The molecule has 1 aromatic carbocycles. The van der Waals surface area contributed by atoms with Gasteiger partial charge in [-0.05, 0) is 42.7 Å². The van der Waals surface area contributed by atoms with Crippen molar-refractivity contribution in [2.75, 3.05) is 12.3 Å². The van der Waals surface area contributed by atoms with E-state index in [2.05, 4.69) is 19.2 Å². The molecular weight excluding hydrogens is 284 g/mol. The summed E-state index contributed by atoms with van der Waals surface area (Å²) in [6.07, 6.45) is 6.11. The summed E-state index contributed by atoms with van der Waals surface area (Å²) in [5.41, 5.74) is 6.98. The minimum absolute atomic E-state index is 0.120. The van der Waals surface area contributed by atoms with Crippen LogP contribution in [0.3, 0.4) is 0 Å². The first-order valence-electron chi connectivity index (χ1n) is 7.76. The van der Waals surface area contributed by atoms with Crippen LogP contribution in [0.2, 0.25) is 5.02 Å². The Balaban J connectivity index is 2.04. The van der Waals surface area contributed by atoms with Crippen LogP contribution in [0.1, 0.15) is 56.3 Å². The van der Waals surface area contributed by atoms with Crippen LogP contribution in [0.25, 0.3) is 0 Å². The van der Waals surface area contributed by atoms with Gasteiger partial charge in [0.15, 0.2) is 0 Å². The molecule has 1 aromatic rings. The molecule has 0 heterocycles. The molecule has 3 N–H and O–H groups in total. The Labute approximate surface area is 132 Å². The first kappa shape index (κ1) is 16.2. The van der Waals surface area contributed by atoms with Gasteiger partial charge in [-0.2, -0.15) is 0 Å². The molecule has 3 nitrogen and oxygen atoms in total. The van der Waals surface area contributed by atoms with Gasteiger partial charge in [0.05, 0.1) is 16.3 Å². The van der Waals surface area contributed by atoms with Gasteiger partial charge in [-0.25, -0.2) is 0 Å². The molecule has 0 radical (unpaired) electrons. The van der Waals surface area contributed by atoms with Gasteiger partial charge in [-0.1, -0.05) is 44.4 Å². The summed E-state index contributed by atoms with van der Waals surface area (Å²) >= 11 is 5.98. The first-order valence-corrected chi connectivity index (χ1v) is 8.13. The number of nitrogens with two attached hydrogens (primary N) is 1. The van der Waals surface area contributed by atoms with Crippen molar-refractivity contribution in [1.82, 2.24) is 5.32 Å². The number of carbonyl (C=O) groups is 1. The second-order valence-electron chi connectivity index (χ2n) is 6.69. The molecule has 0 unspecified atom stereocenters. The van der Waals surface area contributed by atoms with Crippen LogP contribution in [-0.4, -0.2) is 12.5 Å². The highest BCUT2D eigenvalue weighted by atomic mass is 35.5. The molecule has 0 atom stereocenters. The molecule has 1 fully saturated rings. The van der Waals surface area contributed by atoms with Crippen LogP contribution in [-0.2, 0) is 0 Å². The van der Waals surface area contributed by atoms with E-state index >= 15 is 0 Å². The maximum Gasteiger partial charge on any atom is 0.253 e. The van der Waals surface area contributed by atoms with E-state index in [0.29, 0.717) is 22.2 Å². The number of rotatable bonds is 5. The number of amides is 1. The van der Waals surface area contributed by atoms with Crippen molar-refractivity contribution in [3.63, 3.8) is 0 Å². The Morgan fingerprint density at radius 2 is 2.05 bits per heavy atom. The molecule has 1 amide bonds. The van der Waals surface area contributed by atoms with Gasteiger partial charge in [0.2, 0.25) is 0 Å². The van der Waals surface area contributed by atoms with Crippen LogP contribution in [0.4, 0.5) is 5.69 Å². The normalized spacial score (nSPS) is 17.1. The average molecular weight is 309 g/mol. The van der Waals surface area contributed by atoms with E-state index in [1.165, 1.54) is 25.7 Å². The zero-order chi connectivity index (χ0) is 15.5. The van der Waals surface area contributed by atoms with Gasteiger partial charge in [0.25, 0.3) is 5.91 Å². The SMILES string of the molecule is CC(C)CC1(CNC(=O)c2cccc(Cl)c2N)CCCC1. The quantitative estimate of drug-likeness (QED) is 0.799. The number of nitrogens with one attached hydrogen (secondary N) is 1. The van der Waals surface area contributed by atoms with Crippen LogP contribution in [0, 0.1) is 11.3 Å². The summed E-state index contributed by atoms with van der Waals surface area (Å²) in [4.78, 5) is 12.4. The van der Waals surface area contributed by atoms with Crippen LogP contribution < -0.4 is 11.1 Å². The van der Waals surface area contributed by atoms with Crippen LogP contribution in [0.15, 0.2) is 18.2 Å². The van der Waals surface area contributed by atoms with Gasteiger partial charge in [0.1, 0.15) is 0 Å². The molecule has 21 heavy (non-hydrogen) atoms. The Bertz CT molecular complexity index is 508. The Morgan fingerprint density at radius 1 is 1.38 bits per heavy atom. The van der Waals surface area contributed by atoms with Gasteiger partial charge >= 0.3 is 0 Å². The lowest BCUT2D eigenvalue weighted by molar-refractivity contribution is 0.0922. The van der Waals surface area contributed by atoms with Crippen molar-refractivity contribution in [3.8, 4) is 0 Å². The van der Waals surface area contributed by atoms with Crippen molar-refractivity contribution in [2.45, 2.75) is 46.0 Å². The molecule has 2 rings (SSSR count). The molecule has 1 aliphatic rings. The lowest BCUT2D eigenvalue weighted by Crippen LogP contribution is -2.37. The molecule has 1 aliphatic carbocycles. The topological polar surface area (TPSA) is 55.1 Å². The Kier molecular flexibility index (Phi) is 5.15. The van der Waals surface area contributed by atoms with E-state index in [1.54, 1.807) is 18.2 Å². The third-order valence-electron chi connectivity index (χ3n) is 4.43. The van der Waals surface area contributed by atoms with E-state index < -0.39 is 0 Å². The van der Waals surface area contributed by atoms with Crippen LogP contribution in [0.5, 0.6) is 0 Å². The number of hydrogen-bond donors (Lipinski definition) is 2. The van der Waals surface area contributed by atoms with Crippen molar-refractivity contribution in [3.05, 3.63) is 28.8 Å². The van der Waals surface area contributed by atoms with E-state index in [4.69, 9.17) is 17.3 Å². The van der Waals surface area contributed by atoms with Crippen molar-refractivity contribution in [1.29, 1.82) is 0 Å². The minimum Gasteiger partial charge on any atom is -0.397 e. The molecule has 1 saturated carbocycles. The summed E-state index contributed by atoms with van der Waals surface area (Å²) in [5.74, 6) is 0.529. The molecule has 0 spiro atoms. The number of nitrogen functional groups attached to an aromatic ring is 1. The molecule has 4 heteroatoms. The van der Waals surface area contributed by atoms with Crippen molar-refractivity contribution < 1.29 is 4.79 Å². The second-order valence-corrected chi connectivity index (χ2v) is 7.10. The maximum atomic E-state index is 12.4. The predicted octanol–water partition coefficient (Wildman–Crippen LogP) is 4.26. The highest BCUT2D eigenvalue weighted by molar-refractivity contribution is 6.33. The highest BCUT2D eigenvalue weighted by Crippen LogP contribution is 2.42. The van der Waals surface area contributed by atoms with E-state index in [1.807, 2.05) is 0 Å². The smallest absolute Gasteiger partial charge is 0.253 e. The fourth-order valence-corrected chi connectivity index (χ4v) is 3.72. The molecule has 0 aliphatic heterocycles. The fraction of sp³-hybridized carbons (Fsp3) is 0.588. The van der Waals surface area contributed by atoms with E-state index in [-0.39, 0.29) is 11.3 Å². The van der Waals surface area contributed by atoms with Crippen molar-refractivity contribution in [2.24, 2.45) is 11.3 Å². The zero-order valence-corrected chi connectivity index (χ0v) is 13.7. The molecule has 0 saturated heterocycles. The number of halogens is 1. The van der Waals surface area contributed by atoms with Crippen molar-refractivity contribution >= 4 is 23.2 Å². The maximum absolute atomic E-state index is 12.4. The highest BCUT2D eigenvalue weighted by Gasteiger charge is 2.34. The van der Waals surface area contributed by atoms with E-state index in [9.17, 15) is 4.79 Å². The summed E-state index contributed by atoms with van der Waals surface area (Å²) < 4.78 is 0. The summed E-state index contributed by atoms with van der Waals surface area (Å²) in [7, 11) is 0. The molecule has 0 bridgehead atoms. The number of para-hydroxylation sites is 1. The van der Waals surface area contributed by atoms with E-state index in [0.717, 1.165) is 13.0 Å². The van der Waals surface area contributed by atoms with Gasteiger partial charge in [-0.15, -0.1) is 0 Å². The number of benzene rings is 1. The summed E-state index contributed by atoms with van der Waals surface area (Å²) in [5, 5.41) is 3.51. The van der Waals surface area contributed by atoms with Gasteiger partial charge < -0.3 is 11.1 Å². The fourth-order valence-electron chi connectivity index (χ4n) is 3.54. The number of anilines is 1. The number of carbonyl (C=O) groups excluding carboxylic acids is 1. The lowest BCUT2D eigenvalue weighted by Gasteiger charge is -2.31. The monoisotopic (exact) mass is 308 g/mol. The average Bonchev–Trinajstić information content (AvgIpc) is 2.87. The predicted molar refractivity (Wildman–Crippen MR) is 88.6 cm³/mol. The largest absolute Gasteiger partial charge is 0.397 e. The third kappa shape index (κ3) is 3.91. The van der Waals surface area contributed by atoms with Gasteiger partial charge in [0, 0.05) is 6.54 Å². The first-order chi connectivity index (χ1) is 9.93. The third-order valence-corrected chi connectivity index (χ3v) is 4.76. The molecule has 0 aromatic heterocycles. The minimum atomic E-state index is -0.120. The van der Waals surface area contributed by atoms with Gasteiger partial charge in [-0.3, -0.25) is 4.79 Å². The molecule has 116 valence electrons. The summed E-state index contributed by atoms with van der Waals surface area (Å²) in [6.45, 7) is 5.23. The number of hydrogen-bond acceptors (Lipinski definition) is 2. The second kappa shape index (κ2) is 6.69. The Hall–Kier alpha value is -1.22. The standard InChI is InChI=1S/C17H25ClN2O/c1-12(2)10-17(8-3-4-9-17)11-20-16(21)13-6-5-7-14(18)15(13)19/h5-7,12H,3-4,8-11,19H2,1-2H3,(H,20,21). The summed E-state index contributed by atoms with van der Waals surface area (Å²) in [6, 6.07) is 5.18. The Morgan fingerprint density at radius 3 is 2.67 bits per heavy atom.